The lowest BCUT2D eigenvalue weighted by atomic mass is 9.92. The topological polar surface area (TPSA) is 8.17 Å². The molecule has 0 aliphatic heterocycles. The van der Waals surface area contributed by atoms with Crippen molar-refractivity contribution >= 4 is 38.9 Å². The first-order valence-electron chi connectivity index (χ1n) is 17.4. The maximum Gasteiger partial charge on any atom is 0.0547 e. The normalized spacial score (nSPS) is 14.0. The van der Waals surface area contributed by atoms with Crippen molar-refractivity contribution in [3.63, 3.8) is 0 Å². The van der Waals surface area contributed by atoms with Crippen molar-refractivity contribution < 1.29 is 0 Å². The van der Waals surface area contributed by atoms with E-state index < -0.39 is 0 Å². The zero-order chi connectivity index (χ0) is 33.3. The minimum atomic E-state index is 0.375. The molecule has 1 aromatic heterocycles. The zero-order valence-electron chi connectivity index (χ0n) is 27.7. The second kappa shape index (κ2) is 12.9. The van der Waals surface area contributed by atoms with Gasteiger partial charge in [-0.05, 0) is 89.3 Å². The fraction of sp³-hybridized carbons (Fsp3) is 0.0417. The molecule has 1 aliphatic carbocycles. The minimum Gasteiger partial charge on any atom is -0.310 e. The van der Waals surface area contributed by atoms with Gasteiger partial charge in [0.05, 0.1) is 16.7 Å². The molecule has 1 aliphatic rings. The first-order valence-corrected chi connectivity index (χ1v) is 17.4. The summed E-state index contributed by atoms with van der Waals surface area (Å²) in [4.78, 5) is 2.40. The van der Waals surface area contributed by atoms with Gasteiger partial charge in [-0.15, -0.1) is 0 Å². The van der Waals surface area contributed by atoms with Crippen LogP contribution in [-0.2, 0) is 0 Å². The van der Waals surface area contributed by atoms with E-state index in [1.165, 1.54) is 55.3 Å². The van der Waals surface area contributed by atoms with Crippen molar-refractivity contribution in [3.05, 3.63) is 206 Å². The van der Waals surface area contributed by atoms with Gasteiger partial charge >= 0.3 is 0 Å². The molecule has 2 heteroatoms. The van der Waals surface area contributed by atoms with Gasteiger partial charge in [0, 0.05) is 39.3 Å². The number of fused-ring (bicyclic) bond motifs is 3. The van der Waals surface area contributed by atoms with E-state index in [4.69, 9.17) is 0 Å². The molecule has 1 atom stereocenters. The molecule has 8 aromatic rings. The molecule has 1 unspecified atom stereocenters. The van der Waals surface area contributed by atoms with Crippen LogP contribution < -0.4 is 4.90 Å². The fourth-order valence-corrected chi connectivity index (χ4v) is 7.61. The summed E-state index contributed by atoms with van der Waals surface area (Å²) in [5.74, 6) is 0.375. The Morgan fingerprint density at radius 1 is 0.500 bits per heavy atom. The number of anilines is 3. The predicted molar refractivity (Wildman–Crippen MR) is 212 cm³/mol. The molecular weight excluding hydrogens is 605 g/mol. The molecule has 0 saturated heterocycles. The molecule has 9 rings (SSSR count). The first-order chi connectivity index (χ1) is 24.8. The number of rotatable bonds is 7. The number of hydrogen-bond donors (Lipinski definition) is 0. The number of benzene rings is 7. The van der Waals surface area contributed by atoms with Crippen molar-refractivity contribution in [1.29, 1.82) is 0 Å². The van der Waals surface area contributed by atoms with Crippen LogP contribution in [0.25, 0.3) is 49.7 Å². The summed E-state index contributed by atoms with van der Waals surface area (Å²) in [6.45, 7) is 0. The summed E-state index contributed by atoms with van der Waals surface area (Å²) in [7, 11) is 0. The summed E-state index contributed by atoms with van der Waals surface area (Å²) < 4.78 is 2.39. The van der Waals surface area contributed by atoms with Crippen LogP contribution >= 0.6 is 0 Å². The standard InChI is InChI=1S/C48H36N2/c1-4-17-35(18-5-1)36-19-15-26-41(34-36)49(39-22-6-2-7-23-39)45-30-12-10-27-42(45)37-20-14-21-38(33-37)43-29-16-32-47-48(43)44-28-11-13-31-46(44)50(47)40-24-8-3-9-25-40/h1-17,19-35H,18H2. The summed E-state index contributed by atoms with van der Waals surface area (Å²) >= 11 is 0. The third-order valence-electron chi connectivity index (χ3n) is 9.89. The molecule has 0 radical (unpaired) electrons. The van der Waals surface area contributed by atoms with Crippen molar-refractivity contribution in [3.8, 4) is 27.9 Å². The van der Waals surface area contributed by atoms with Crippen LogP contribution in [0.1, 0.15) is 17.9 Å². The summed E-state index contributed by atoms with van der Waals surface area (Å²) in [5, 5.41) is 2.53. The Kier molecular flexibility index (Phi) is 7.68. The lowest BCUT2D eigenvalue weighted by Crippen LogP contribution is -2.12. The zero-order valence-corrected chi connectivity index (χ0v) is 27.7. The van der Waals surface area contributed by atoms with E-state index in [9.17, 15) is 0 Å². The molecular formula is C48H36N2. The van der Waals surface area contributed by atoms with Gasteiger partial charge in [-0.1, -0.05) is 140 Å². The van der Waals surface area contributed by atoms with Gasteiger partial charge in [0.2, 0.25) is 0 Å². The first kappa shape index (κ1) is 29.7. The van der Waals surface area contributed by atoms with Crippen LogP contribution in [0.4, 0.5) is 17.1 Å². The molecule has 238 valence electrons. The number of para-hydroxylation sites is 4. The summed E-state index contributed by atoms with van der Waals surface area (Å²) in [6.07, 6.45) is 9.89. The smallest absolute Gasteiger partial charge is 0.0547 e. The summed E-state index contributed by atoms with van der Waals surface area (Å²) in [6, 6.07) is 63.8. The highest BCUT2D eigenvalue weighted by atomic mass is 15.1. The van der Waals surface area contributed by atoms with Crippen LogP contribution in [-0.4, -0.2) is 4.57 Å². The second-order valence-electron chi connectivity index (χ2n) is 12.9. The van der Waals surface area contributed by atoms with Crippen LogP contribution in [0, 0.1) is 0 Å². The summed E-state index contributed by atoms with van der Waals surface area (Å²) in [5.41, 5.74) is 13.1. The molecule has 7 aromatic carbocycles. The van der Waals surface area contributed by atoms with Crippen LogP contribution in [0.3, 0.4) is 0 Å². The Morgan fingerprint density at radius 2 is 1.16 bits per heavy atom. The van der Waals surface area contributed by atoms with Gasteiger partial charge in [0.1, 0.15) is 0 Å². The lowest BCUT2D eigenvalue weighted by molar-refractivity contribution is 0.853. The average Bonchev–Trinajstić information content (AvgIpc) is 3.54. The predicted octanol–water partition coefficient (Wildman–Crippen LogP) is 13.2. The minimum absolute atomic E-state index is 0.375. The van der Waals surface area contributed by atoms with E-state index >= 15 is 0 Å². The van der Waals surface area contributed by atoms with Crippen LogP contribution in [0.15, 0.2) is 200 Å². The fourth-order valence-electron chi connectivity index (χ4n) is 7.61. The third-order valence-corrected chi connectivity index (χ3v) is 9.89. The van der Waals surface area contributed by atoms with E-state index in [0.717, 1.165) is 23.5 Å². The van der Waals surface area contributed by atoms with Crippen molar-refractivity contribution in [1.82, 2.24) is 4.57 Å². The van der Waals surface area contributed by atoms with Crippen molar-refractivity contribution in [2.45, 2.75) is 12.3 Å². The highest BCUT2D eigenvalue weighted by Crippen LogP contribution is 2.44. The number of allylic oxidation sites excluding steroid dienone is 4. The van der Waals surface area contributed by atoms with Crippen LogP contribution in [0.5, 0.6) is 0 Å². The third kappa shape index (κ3) is 5.32. The number of nitrogens with zero attached hydrogens (tertiary/aromatic N) is 2. The van der Waals surface area contributed by atoms with Gasteiger partial charge in [0.25, 0.3) is 0 Å². The Labute approximate surface area is 293 Å². The van der Waals surface area contributed by atoms with Gasteiger partial charge < -0.3 is 9.47 Å². The van der Waals surface area contributed by atoms with Gasteiger partial charge in [-0.25, -0.2) is 0 Å². The molecule has 2 nitrogen and oxygen atoms in total. The monoisotopic (exact) mass is 640 g/mol. The highest BCUT2D eigenvalue weighted by Gasteiger charge is 2.20. The molecule has 0 amide bonds. The van der Waals surface area contributed by atoms with Crippen LogP contribution in [0.2, 0.25) is 0 Å². The molecule has 0 N–H and O–H groups in total. The molecule has 0 saturated carbocycles. The second-order valence-corrected chi connectivity index (χ2v) is 12.9. The Bertz CT molecular complexity index is 2520. The van der Waals surface area contributed by atoms with E-state index in [2.05, 4.69) is 210 Å². The van der Waals surface area contributed by atoms with Crippen molar-refractivity contribution in [2.24, 2.45) is 0 Å². The average molecular weight is 641 g/mol. The maximum atomic E-state index is 2.40. The van der Waals surface area contributed by atoms with Gasteiger partial charge in [0.15, 0.2) is 0 Å². The Balaban J connectivity index is 1.20. The molecule has 1 heterocycles. The molecule has 50 heavy (non-hydrogen) atoms. The van der Waals surface area contributed by atoms with E-state index in [-0.39, 0.29) is 0 Å². The quantitative estimate of drug-likeness (QED) is 0.168. The molecule has 0 bridgehead atoms. The van der Waals surface area contributed by atoms with E-state index in [1.807, 2.05) is 0 Å². The largest absolute Gasteiger partial charge is 0.310 e. The SMILES string of the molecule is C1=CCC(c2cccc(N(c3ccccc3)c3ccccc3-c3cccc(-c4cccc5c4c4ccccc4n5-c4ccccc4)c3)c2)C=C1. The maximum absolute atomic E-state index is 2.40. The Hall–Kier alpha value is -6.38. The lowest BCUT2D eigenvalue weighted by Gasteiger charge is -2.29. The molecule has 0 spiro atoms. The molecule has 0 fully saturated rings. The van der Waals surface area contributed by atoms with Gasteiger partial charge in [-0.3, -0.25) is 0 Å². The number of aromatic nitrogens is 1. The van der Waals surface area contributed by atoms with E-state index in [0.29, 0.717) is 5.92 Å². The Morgan fingerprint density at radius 3 is 2.00 bits per heavy atom. The van der Waals surface area contributed by atoms with Gasteiger partial charge in [-0.2, -0.15) is 0 Å². The van der Waals surface area contributed by atoms with Crippen molar-refractivity contribution in [2.75, 3.05) is 4.90 Å². The number of hydrogen-bond acceptors (Lipinski definition) is 1. The highest BCUT2D eigenvalue weighted by molar-refractivity contribution is 6.16. The van der Waals surface area contributed by atoms with E-state index in [1.54, 1.807) is 0 Å².